The van der Waals surface area contributed by atoms with Gasteiger partial charge in [-0.1, -0.05) is 56.7 Å². The van der Waals surface area contributed by atoms with Crippen LogP contribution in [0.2, 0.25) is 0 Å². The van der Waals surface area contributed by atoms with Gasteiger partial charge in [0.1, 0.15) is 5.78 Å². The van der Waals surface area contributed by atoms with Crippen molar-refractivity contribution in [1.29, 1.82) is 0 Å². The maximum Gasteiger partial charge on any atom is 0.229 e. The summed E-state index contributed by atoms with van der Waals surface area (Å²) in [5.41, 5.74) is 4.45. The molecular weight excluding hydrogens is 472 g/mol. The maximum atomic E-state index is 13.7. The Morgan fingerprint density at radius 3 is 2.32 bits per heavy atom. The Bertz CT molecular complexity index is 1220. The lowest BCUT2D eigenvalue weighted by Crippen LogP contribution is -2.24. The fourth-order valence-electron chi connectivity index (χ4n) is 6.35. The standard InChI is InChI=1S/C34H42O4/c1-6-7-31(35)29-19-30(34(38)32(36)20(2)3)28-18-26(22(5)16-27(28)29)33(37)25-14-12-24(13-15-25)17-23-10-8-21(4)9-11-23/h8-10,16,18-20,23-25,29H,6-7,11-15,17H2,1-5H3. The predicted octanol–water partition coefficient (Wildman–Crippen LogP) is 7.54. The first-order chi connectivity index (χ1) is 18.1. The molecule has 1 fully saturated rings. The van der Waals surface area contributed by atoms with Crippen LogP contribution in [0, 0.1) is 30.6 Å². The number of aryl methyl sites for hydroxylation is 1. The van der Waals surface area contributed by atoms with Crippen molar-refractivity contribution in [3.63, 3.8) is 0 Å². The van der Waals surface area contributed by atoms with Crippen molar-refractivity contribution in [2.45, 2.75) is 91.9 Å². The van der Waals surface area contributed by atoms with Gasteiger partial charge in [-0.05, 0) is 93.4 Å². The third kappa shape index (κ3) is 5.90. The molecule has 0 aliphatic heterocycles. The lowest BCUT2D eigenvalue weighted by Gasteiger charge is -2.30. The average molecular weight is 515 g/mol. The van der Waals surface area contributed by atoms with Gasteiger partial charge in [0.25, 0.3) is 0 Å². The van der Waals surface area contributed by atoms with E-state index in [1.54, 1.807) is 26.0 Å². The molecule has 3 aliphatic rings. The van der Waals surface area contributed by atoms with Crippen LogP contribution < -0.4 is 0 Å². The molecule has 0 radical (unpaired) electrons. The van der Waals surface area contributed by atoms with Crippen molar-refractivity contribution >= 4 is 28.7 Å². The Kier molecular flexibility index (Phi) is 8.80. The van der Waals surface area contributed by atoms with Crippen LogP contribution >= 0.6 is 0 Å². The maximum absolute atomic E-state index is 13.7. The Morgan fingerprint density at radius 2 is 1.71 bits per heavy atom. The minimum Gasteiger partial charge on any atom is -0.299 e. The van der Waals surface area contributed by atoms with E-state index in [0.717, 1.165) is 49.7 Å². The minimum absolute atomic E-state index is 0.0219. The molecule has 0 heterocycles. The Morgan fingerprint density at radius 1 is 1.00 bits per heavy atom. The minimum atomic E-state index is -0.558. The molecule has 0 saturated heterocycles. The number of benzene rings is 1. The number of Topliss-reactive ketones (excluding diaryl/α,β-unsaturated/α-hetero) is 4. The topological polar surface area (TPSA) is 68.3 Å². The zero-order chi connectivity index (χ0) is 27.6. The molecule has 0 bridgehead atoms. The predicted molar refractivity (Wildman–Crippen MR) is 152 cm³/mol. The second-order valence-electron chi connectivity index (χ2n) is 12.0. The normalized spacial score (nSPS) is 24.6. The van der Waals surface area contributed by atoms with Crippen LogP contribution in [0.5, 0.6) is 0 Å². The summed E-state index contributed by atoms with van der Waals surface area (Å²) >= 11 is 0. The molecule has 1 saturated carbocycles. The van der Waals surface area contributed by atoms with Crippen LogP contribution in [0.3, 0.4) is 0 Å². The lowest BCUT2D eigenvalue weighted by atomic mass is 9.74. The van der Waals surface area contributed by atoms with Crippen LogP contribution in [0.4, 0.5) is 0 Å². The molecule has 0 amide bonds. The fraction of sp³-hybridized carbons (Fsp3) is 0.529. The summed E-state index contributed by atoms with van der Waals surface area (Å²) in [6.45, 7) is 9.44. The summed E-state index contributed by atoms with van der Waals surface area (Å²) in [5.74, 6) is -0.567. The van der Waals surface area contributed by atoms with Gasteiger partial charge in [0.2, 0.25) is 11.6 Å². The highest BCUT2D eigenvalue weighted by atomic mass is 16.2. The first kappa shape index (κ1) is 28.1. The zero-order valence-corrected chi connectivity index (χ0v) is 23.6. The van der Waals surface area contributed by atoms with Crippen LogP contribution in [0.25, 0.3) is 5.57 Å². The zero-order valence-electron chi connectivity index (χ0n) is 23.6. The van der Waals surface area contributed by atoms with Gasteiger partial charge in [0.05, 0.1) is 5.92 Å². The number of rotatable bonds is 10. The van der Waals surface area contributed by atoms with Gasteiger partial charge < -0.3 is 0 Å². The van der Waals surface area contributed by atoms with E-state index in [9.17, 15) is 19.2 Å². The highest BCUT2D eigenvalue weighted by Gasteiger charge is 2.36. The van der Waals surface area contributed by atoms with E-state index in [2.05, 4.69) is 25.2 Å². The number of ketones is 4. The lowest BCUT2D eigenvalue weighted by molar-refractivity contribution is -0.135. The number of fused-ring (bicyclic) bond motifs is 1. The van der Waals surface area contributed by atoms with E-state index in [0.29, 0.717) is 29.4 Å². The molecule has 4 nitrogen and oxygen atoms in total. The van der Waals surface area contributed by atoms with Crippen LogP contribution in [0.1, 0.15) is 112 Å². The first-order valence-electron chi connectivity index (χ1n) is 14.5. The highest BCUT2D eigenvalue weighted by Crippen LogP contribution is 2.42. The van der Waals surface area contributed by atoms with E-state index in [1.165, 1.54) is 12.0 Å². The summed E-state index contributed by atoms with van der Waals surface area (Å²) in [6, 6.07) is 3.71. The van der Waals surface area contributed by atoms with Crippen LogP contribution in [-0.2, 0) is 14.4 Å². The summed E-state index contributed by atoms with van der Waals surface area (Å²) in [5, 5.41) is 0. The second kappa shape index (κ2) is 11.9. The van der Waals surface area contributed by atoms with Crippen molar-refractivity contribution in [3.05, 3.63) is 64.3 Å². The van der Waals surface area contributed by atoms with Gasteiger partial charge in [-0.2, -0.15) is 0 Å². The molecule has 3 aliphatic carbocycles. The molecular formula is C34H42O4. The number of carbonyl (C=O) groups excluding carboxylic acids is 4. The number of carbonyl (C=O) groups is 4. The molecule has 1 aromatic rings. The Balaban J connectivity index is 1.53. The van der Waals surface area contributed by atoms with Gasteiger partial charge in [-0.25, -0.2) is 0 Å². The number of hydrogen-bond acceptors (Lipinski definition) is 4. The highest BCUT2D eigenvalue weighted by molar-refractivity contribution is 6.55. The summed E-state index contributed by atoms with van der Waals surface area (Å²) in [7, 11) is 0. The van der Waals surface area contributed by atoms with Crippen molar-refractivity contribution in [2.75, 3.05) is 0 Å². The molecule has 2 unspecified atom stereocenters. The van der Waals surface area contributed by atoms with E-state index >= 15 is 0 Å². The van der Waals surface area contributed by atoms with E-state index in [4.69, 9.17) is 0 Å². The number of hydrogen-bond donors (Lipinski definition) is 0. The third-order valence-corrected chi connectivity index (χ3v) is 8.68. The third-order valence-electron chi connectivity index (χ3n) is 8.68. The van der Waals surface area contributed by atoms with Crippen molar-refractivity contribution in [3.8, 4) is 0 Å². The molecule has 0 spiro atoms. The van der Waals surface area contributed by atoms with Gasteiger partial charge in [0.15, 0.2) is 5.78 Å². The van der Waals surface area contributed by atoms with Gasteiger partial charge in [-0.3, -0.25) is 19.2 Å². The monoisotopic (exact) mass is 514 g/mol. The quantitative estimate of drug-likeness (QED) is 0.239. The molecule has 0 N–H and O–H groups in total. The smallest absolute Gasteiger partial charge is 0.229 e. The van der Waals surface area contributed by atoms with Gasteiger partial charge in [0, 0.05) is 29.4 Å². The Labute approximate surface area is 227 Å². The molecule has 4 rings (SSSR count). The Hall–Kier alpha value is -2.88. The van der Waals surface area contributed by atoms with E-state index in [-0.39, 0.29) is 23.1 Å². The van der Waals surface area contributed by atoms with E-state index in [1.807, 2.05) is 19.9 Å². The van der Waals surface area contributed by atoms with E-state index < -0.39 is 23.4 Å². The fourth-order valence-corrected chi connectivity index (χ4v) is 6.35. The average Bonchev–Trinajstić information content (AvgIpc) is 3.27. The first-order valence-corrected chi connectivity index (χ1v) is 14.5. The second-order valence-corrected chi connectivity index (χ2v) is 12.0. The molecule has 4 heteroatoms. The van der Waals surface area contributed by atoms with Gasteiger partial charge >= 0.3 is 0 Å². The van der Waals surface area contributed by atoms with Gasteiger partial charge in [-0.15, -0.1) is 0 Å². The SMILES string of the molecule is CCCC(=O)C1C=C(C(=O)C(=O)C(C)C)c2cc(C(=O)C3CCC(CC4C=CC(C)=CC4)CC3)c(C)cc21. The largest absolute Gasteiger partial charge is 0.299 e. The molecule has 2 atom stereocenters. The van der Waals surface area contributed by atoms with Crippen molar-refractivity contribution < 1.29 is 19.2 Å². The number of allylic oxidation sites excluding steroid dienone is 6. The summed E-state index contributed by atoms with van der Waals surface area (Å²) < 4.78 is 0. The molecule has 38 heavy (non-hydrogen) atoms. The molecule has 1 aromatic carbocycles. The molecule has 202 valence electrons. The van der Waals surface area contributed by atoms with Crippen LogP contribution in [0.15, 0.2) is 42.0 Å². The summed E-state index contributed by atoms with van der Waals surface area (Å²) in [6.07, 6.45) is 15.9. The van der Waals surface area contributed by atoms with Crippen molar-refractivity contribution in [2.24, 2.45) is 23.7 Å². The molecule has 0 aromatic heterocycles. The van der Waals surface area contributed by atoms with Crippen molar-refractivity contribution in [1.82, 2.24) is 0 Å². The van der Waals surface area contributed by atoms with Crippen LogP contribution in [-0.4, -0.2) is 23.1 Å². The summed E-state index contributed by atoms with van der Waals surface area (Å²) in [4.78, 5) is 52.4.